The van der Waals surface area contributed by atoms with E-state index in [-0.39, 0.29) is 49.8 Å². The number of fused-ring (bicyclic) bond motifs is 3. The molecular weight excluding hydrogens is 641 g/mol. The number of nitrogens with one attached hydrogen (secondary N) is 1. The topological polar surface area (TPSA) is 133 Å². The SMILES string of the molecule is COC[C@H]1CN(c2ccc3c4c(c(=O)oc3c2Cl)CN(C(=O)c2c(F)cccc2C(=O)NS(=O)(=O)N2CCCC2)CC4)CCN1C. The quantitative estimate of drug-likeness (QED) is 0.376. The highest BCUT2D eigenvalue weighted by molar-refractivity contribution is 7.87. The van der Waals surface area contributed by atoms with Crippen LogP contribution in [0.5, 0.6) is 0 Å². The molecule has 0 aliphatic carbocycles. The van der Waals surface area contributed by atoms with Crippen LogP contribution in [-0.4, -0.2) is 100 Å². The van der Waals surface area contributed by atoms with Crippen molar-refractivity contribution in [3.8, 4) is 0 Å². The van der Waals surface area contributed by atoms with Gasteiger partial charge in [-0.25, -0.2) is 13.9 Å². The van der Waals surface area contributed by atoms with E-state index in [4.69, 9.17) is 20.8 Å². The Morgan fingerprint density at radius 1 is 1.09 bits per heavy atom. The third kappa shape index (κ3) is 5.99. The molecule has 3 aromatic rings. The first-order valence-electron chi connectivity index (χ1n) is 15.1. The number of carbonyl (C=O) groups is 2. The molecule has 1 N–H and O–H groups in total. The van der Waals surface area contributed by atoms with Crippen LogP contribution < -0.4 is 15.2 Å². The molecule has 46 heavy (non-hydrogen) atoms. The van der Waals surface area contributed by atoms with Crippen molar-refractivity contribution >= 4 is 50.3 Å². The van der Waals surface area contributed by atoms with Crippen LogP contribution >= 0.6 is 11.6 Å². The summed E-state index contributed by atoms with van der Waals surface area (Å²) in [6.45, 7) is 3.23. The summed E-state index contributed by atoms with van der Waals surface area (Å²) >= 11 is 6.85. The zero-order valence-electron chi connectivity index (χ0n) is 25.6. The smallest absolute Gasteiger partial charge is 0.341 e. The fourth-order valence-electron chi connectivity index (χ4n) is 6.49. The molecule has 0 radical (unpaired) electrons. The molecule has 6 rings (SSSR count). The number of rotatable bonds is 7. The van der Waals surface area contributed by atoms with Gasteiger partial charge in [0.05, 0.1) is 41.6 Å². The first kappa shape index (κ1) is 32.4. The molecule has 0 saturated carbocycles. The van der Waals surface area contributed by atoms with E-state index in [1.807, 2.05) is 23.9 Å². The van der Waals surface area contributed by atoms with Gasteiger partial charge in [0.2, 0.25) is 0 Å². The Morgan fingerprint density at radius 2 is 1.85 bits per heavy atom. The summed E-state index contributed by atoms with van der Waals surface area (Å²) in [5.41, 5.74) is 0.264. The third-order valence-electron chi connectivity index (χ3n) is 9.05. The number of benzene rings is 2. The molecule has 1 atom stereocenters. The number of halogens is 2. The van der Waals surface area contributed by atoms with Crippen molar-refractivity contribution in [2.45, 2.75) is 31.8 Å². The van der Waals surface area contributed by atoms with Crippen molar-refractivity contribution in [2.24, 2.45) is 0 Å². The third-order valence-corrected chi connectivity index (χ3v) is 10.9. The number of anilines is 1. The van der Waals surface area contributed by atoms with Gasteiger partial charge in [-0.1, -0.05) is 17.7 Å². The molecule has 0 unspecified atom stereocenters. The van der Waals surface area contributed by atoms with Crippen LogP contribution in [0.3, 0.4) is 0 Å². The summed E-state index contributed by atoms with van der Waals surface area (Å²) in [5.74, 6) is -2.94. The predicted octanol–water partition coefficient (Wildman–Crippen LogP) is 2.62. The van der Waals surface area contributed by atoms with Crippen molar-refractivity contribution in [1.82, 2.24) is 18.8 Å². The van der Waals surface area contributed by atoms with Gasteiger partial charge in [0.15, 0.2) is 5.58 Å². The molecule has 2 amide bonds. The molecule has 3 aliphatic rings. The number of ether oxygens (including phenoxy) is 1. The lowest BCUT2D eigenvalue weighted by atomic mass is 9.96. The van der Waals surface area contributed by atoms with Crippen molar-refractivity contribution in [2.75, 3.05) is 64.9 Å². The maximum atomic E-state index is 15.2. The summed E-state index contributed by atoms with van der Waals surface area (Å²) in [6.07, 6.45) is 1.58. The van der Waals surface area contributed by atoms with Gasteiger partial charge in [-0.15, -0.1) is 0 Å². The fraction of sp³-hybridized carbons (Fsp3) is 0.452. The van der Waals surface area contributed by atoms with E-state index in [2.05, 4.69) is 9.80 Å². The average Bonchev–Trinajstić information content (AvgIpc) is 3.59. The number of amides is 2. The summed E-state index contributed by atoms with van der Waals surface area (Å²) in [5, 5.41) is 0.971. The fourth-order valence-corrected chi connectivity index (χ4v) is 8.03. The van der Waals surface area contributed by atoms with Crippen molar-refractivity contribution in [1.29, 1.82) is 0 Å². The molecule has 2 fully saturated rings. The van der Waals surface area contributed by atoms with Gasteiger partial charge in [0.25, 0.3) is 11.8 Å². The first-order valence-corrected chi connectivity index (χ1v) is 16.9. The van der Waals surface area contributed by atoms with E-state index in [9.17, 15) is 22.8 Å². The zero-order valence-corrected chi connectivity index (χ0v) is 27.1. The number of hydrogen-bond acceptors (Lipinski definition) is 9. The highest BCUT2D eigenvalue weighted by Crippen LogP contribution is 2.37. The number of hydrogen-bond donors (Lipinski definition) is 1. The van der Waals surface area contributed by atoms with Crippen LogP contribution in [0.1, 0.15) is 44.7 Å². The first-order chi connectivity index (χ1) is 22.0. The second-order valence-corrected chi connectivity index (χ2v) is 13.9. The van der Waals surface area contributed by atoms with Crippen LogP contribution in [0.25, 0.3) is 11.0 Å². The average molecular weight is 676 g/mol. The molecule has 2 aromatic carbocycles. The highest BCUT2D eigenvalue weighted by atomic mass is 35.5. The molecule has 12 nitrogen and oxygen atoms in total. The molecule has 3 aliphatic heterocycles. The predicted molar refractivity (Wildman–Crippen MR) is 170 cm³/mol. The van der Waals surface area contributed by atoms with Crippen molar-refractivity contribution < 1.29 is 31.6 Å². The van der Waals surface area contributed by atoms with E-state index in [0.717, 1.165) is 29.1 Å². The summed E-state index contributed by atoms with van der Waals surface area (Å²) in [6, 6.07) is 7.38. The molecular formula is C31H35ClFN5O7S. The molecule has 4 heterocycles. The summed E-state index contributed by atoms with van der Waals surface area (Å²) in [7, 11) is -0.455. The minimum atomic E-state index is -4.16. The van der Waals surface area contributed by atoms with Crippen LogP contribution in [0, 0.1) is 5.82 Å². The lowest BCUT2D eigenvalue weighted by Crippen LogP contribution is -2.53. The minimum absolute atomic E-state index is 0.113. The Balaban J connectivity index is 1.27. The van der Waals surface area contributed by atoms with Gasteiger partial charge in [0, 0.05) is 51.8 Å². The lowest BCUT2D eigenvalue weighted by Gasteiger charge is -2.40. The molecule has 0 bridgehead atoms. The number of methoxy groups -OCH3 is 1. The minimum Gasteiger partial charge on any atom is -0.421 e. The second kappa shape index (κ2) is 12.9. The van der Waals surface area contributed by atoms with Crippen molar-refractivity contribution in [3.05, 3.63) is 73.8 Å². The van der Waals surface area contributed by atoms with Gasteiger partial charge in [-0.05, 0) is 56.1 Å². The van der Waals surface area contributed by atoms with Gasteiger partial charge in [0.1, 0.15) is 10.8 Å². The Labute approximate surface area is 270 Å². The van der Waals surface area contributed by atoms with Crippen LogP contribution in [-0.2, 0) is 27.9 Å². The van der Waals surface area contributed by atoms with Crippen LogP contribution in [0.4, 0.5) is 10.1 Å². The molecule has 15 heteroatoms. The van der Waals surface area contributed by atoms with E-state index in [1.165, 1.54) is 17.0 Å². The Bertz CT molecular complexity index is 1860. The second-order valence-electron chi connectivity index (χ2n) is 11.8. The molecule has 0 spiro atoms. The summed E-state index contributed by atoms with van der Waals surface area (Å²) < 4.78 is 54.8. The van der Waals surface area contributed by atoms with Crippen molar-refractivity contribution in [3.63, 3.8) is 0 Å². The highest BCUT2D eigenvalue weighted by Gasteiger charge is 2.34. The Kier molecular flexibility index (Phi) is 9.09. The maximum absolute atomic E-state index is 15.2. The molecule has 1 aromatic heterocycles. The van der Waals surface area contributed by atoms with Gasteiger partial charge >= 0.3 is 15.8 Å². The molecule has 246 valence electrons. The van der Waals surface area contributed by atoms with E-state index >= 15 is 4.39 Å². The number of piperazine rings is 1. The normalized spacial score (nSPS) is 19.4. The van der Waals surface area contributed by atoms with Gasteiger partial charge in [-0.3, -0.25) is 14.5 Å². The molecule has 2 saturated heterocycles. The maximum Gasteiger partial charge on any atom is 0.341 e. The number of nitrogens with zero attached hydrogens (tertiary/aromatic N) is 4. The Hall–Kier alpha value is -3.56. The van der Waals surface area contributed by atoms with Gasteiger partial charge in [-0.2, -0.15) is 12.7 Å². The van der Waals surface area contributed by atoms with Gasteiger partial charge < -0.3 is 19.0 Å². The van der Waals surface area contributed by atoms with E-state index in [0.29, 0.717) is 42.0 Å². The van der Waals surface area contributed by atoms with Crippen LogP contribution in [0.15, 0.2) is 39.5 Å². The standard InChI is InChI=1S/C31H35ClFN5O7S/c1-35-14-15-36(16-19(35)18-44-2)25-9-8-21-20-10-13-37(17-23(20)31(41)45-28(21)27(25)32)30(40)26-22(6-5-7-24(26)33)29(39)34-46(42,43)38-11-3-4-12-38/h5-9,19H,3-4,10-18H2,1-2H3,(H,34,39)/t19-/m1/s1. The lowest BCUT2D eigenvalue weighted by molar-refractivity contribution is 0.0722. The summed E-state index contributed by atoms with van der Waals surface area (Å²) in [4.78, 5) is 45.7. The van der Waals surface area contributed by atoms with Crippen LogP contribution in [0.2, 0.25) is 5.02 Å². The number of likely N-dealkylation sites (N-methyl/N-ethyl adjacent to an activating group) is 1. The van der Waals surface area contributed by atoms with E-state index < -0.39 is 44.6 Å². The monoisotopic (exact) mass is 675 g/mol. The Morgan fingerprint density at radius 3 is 2.59 bits per heavy atom. The van der Waals surface area contributed by atoms with E-state index in [1.54, 1.807) is 7.11 Å². The number of carbonyl (C=O) groups excluding carboxylic acids is 2. The largest absolute Gasteiger partial charge is 0.421 e. The zero-order chi connectivity index (χ0) is 32.7.